The first-order valence-electron chi connectivity index (χ1n) is 8.67. The molecule has 0 heterocycles. The Morgan fingerprint density at radius 2 is 1.80 bits per heavy atom. The molecule has 2 rings (SSSR count). The van der Waals surface area contributed by atoms with Crippen molar-refractivity contribution in [3.05, 3.63) is 28.8 Å². The minimum absolute atomic E-state index is 0.0617. The molecular weight excluding hydrogens is 338 g/mol. The summed E-state index contributed by atoms with van der Waals surface area (Å²) in [5, 5.41) is 2.96. The zero-order chi connectivity index (χ0) is 18.8. The van der Waals surface area contributed by atoms with Gasteiger partial charge in [0.1, 0.15) is 0 Å². The first-order valence-corrected chi connectivity index (χ1v) is 10.2. The van der Waals surface area contributed by atoms with Gasteiger partial charge in [-0.05, 0) is 57.6 Å². The highest BCUT2D eigenvalue weighted by Crippen LogP contribution is 2.38. The number of hydrogen-bond acceptors (Lipinski definition) is 4. The number of amides is 1. The standard InChI is InChI=1S/C18H29N3O3S/c1-12-9-13(2)17(14(3)10-12)25(23,24)20-8-7-16(22)21-18(4,11-19)15-5-6-15/h9-10,15,20H,5-8,11,19H2,1-4H3,(H,21,22). The maximum atomic E-state index is 12.6. The second-order valence-corrected chi connectivity index (χ2v) is 9.02. The van der Waals surface area contributed by atoms with Crippen molar-refractivity contribution in [1.82, 2.24) is 10.0 Å². The molecule has 1 aromatic carbocycles. The molecule has 0 spiro atoms. The summed E-state index contributed by atoms with van der Waals surface area (Å²) in [6.07, 6.45) is 2.24. The Balaban J connectivity index is 1.95. The minimum atomic E-state index is -3.64. The molecule has 1 aromatic rings. The van der Waals surface area contributed by atoms with Crippen molar-refractivity contribution in [3.8, 4) is 0 Å². The average Bonchev–Trinajstić information content (AvgIpc) is 3.30. The van der Waals surface area contributed by atoms with E-state index in [-0.39, 0.29) is 24.4 Å². The summed E-state index contributed by atoms with van der Waals surface area (Å²) in [5.74, 6) is 0.246. The second-order valence-electron chi connectivity index (χ2n) is 7.32. The Labute approximate surface area is 150 Å². The minimum Gasteiger partial charge on any atom is -0.349 e. The van der Waals surface area contributed by atoms with E-state index >= 15 is 0 Å². The van der Waals surface area contributed by atoms with Crippen molar-refractivity contribution >= 4 is 15.9 Å². The van der Waals surface area contributed by atoms with Crippen LogP contribution in [0, 0.1) is 26.7 Å². The van der Waals surface area contributed by atoms with Crippen molar-refractivity contribution in [2.75, 3.05) is 13.1 Å². The predicted octanol–water partition coefficient (Wildman–Crippen LogP) is 1.52. The molecule has 1 aliphatic carbocycles. The van der Waals surface area contributed by atoms with Gasteiger partial charge in [-0.15, -0.1) is 0 Å². The Bertz CT molecular complexity index is 734. The van der Waals surface area contributed by atoms with Crippen molar-refractivity contribution in [2.24, 2.45) is 11.7 Å². The van der Waals surface area contributed by atoms with Crippen LogP contribution in [0.5, 0.6) is 0 Å². The normalized spacial score (nSPS) is 17.2. The quantitative estimate of drug-likeness (QED) is 0.648. The van der Waals surface area contributed by atoms with Gasteiger partial charge in [-0.1, -0.05) is 17.7 Å². The fourth-order valence-electron chi connectivity index (χ4n) is 3.38. The fourth-order valence-corrected chi connectivity index (χ4v) is 4.86. The zero-order valence-electron chi connectivity index (χ0n) is 15.5. The highest BCUT2D eigenvalue weighted by molar-refractivity contribution is 7.89. The molecule has 1 saturated carbocycles. The van der Waals surface area contributed by atoms with Crippen LogP contribution < -0.4 is 15.8 Å². The maximum absolute atomic E-state index is 12.6. The molecule has 1 amide bonds. The van der Waals surface area contributed by atoms with Gasteiger partial charge < -0.3 is 11.1 Å². The third kappa shape index (κ3) is 4.80. The Morgan fingerprint density at radius 3 is 2.28 bits per heavy atom. The smallest absolute Gasteiger partial charge is 0.241 e. The van der Waals surface area contributed by atoms with E-state index < -0.39 is 10.0 Å². The van der Waals surface area contributed by atoms with E-state index in [1.807, 2.05) is 26.0 Å². The van der Waals surface area contributed by atoms with Crippen LogP contribution in [0.4, 0.5) is 0 Å². The van der Waals surface area contributed by atoms with E-state index in [4.69, 9.17) is 5.73 Å². The van der Waals surface area contributed by atoms with E-state index in [1.165, 1.54) is 0 Å². The van der Waals surface area contributed by atoms with Crippen molar-refractivity contribution < 1.29 is 13.2 Å². The van der Waals surface area contributed by atoms with Gasteiger partial charge in [0.25, 0.3) is 0 Å². The van der Waals surface area contributed by atoms with Crippen LogP contribution in [0.25, 0.3) is 0 Å². The van der Waals surface area contributed by atoms with E-state index in [2.05, 4.69) is 10.0 Å². The molecule has 0 bridgehead atoms. The SMILES string of the molecule is Cc1cc(C)c(S(=O)(=O)NCCC(=O)NC(C)(CN)C2CC2)c(C)c1. The predicted molar refractivity (Wildman–Crippen MR) is 98.8 cm³/mol. The molecule has 4 N–H and O–H groups in total. The molecule has 140 valence electrons. The van der Waals surface area contributed by atoms with Gasteiger partial charge in [0.2, 0.25) is 15.9 Å². The van der Waals surface area contributed by atoms with E-state index in [9.17, 15) is 13.2 Å². The summed E-state index contributed by atoms with van der Waals surface area (Å²) in [5.41, 5.74) is 7.84. The lowest BCUT2D eigenvalue weighted by Gasteiger charge is -2.29. The van der Waals surface area contributed by atoms with Crippen molar-refractivity contribution in [3.63, 3.8) is 0 Å². The Hall–Kier alpha value is -1.44. The molecule has 6 nitrogen and oxygen atoms in total. The molecule has 1 fully saturated rings. The third-order valence-electron chi connectivity index (χ3n) is 4.84. The number of benzene rings is 1. The van der Waals surface area contributed by atoms with Gasteiger partial charge in [0, 0.05) is 19.5 Å². The molecule has 1 atom stereocenters. The molecule has 25 heavy (non-hydrogen) atoms. The summed E-state index contributed by atoms with van der Waals surface area (Å²) < 4.78 is 27.7. The van der Waals surface area contributed by atoms with Crippen LogP contribution in [-0.4, -0.2) is 33.0 Å². The van der Waals surface area contributed by atoms with Crippen LogP contribution in [0.1, 0.15) is 42.9 Å². The van der Waals surface area contributed by atoms with Crippen LogP contribution >= 0.6 is 0 Å². The van der Waals surface area contributed by atoms with Gasteiger partial charge >= 0.3 is 0 Å². The number of hydrogen-bond donors (Lipinski definition) is 3. The highest BCUT2D eigenvalue weighted by Gasteiger charge is 2.41. The summed E-state index contributed by atoms with van der Waals surface area (Å²) in [6, 6.07) is 3.69. The van der Waals surface area contributed by atoms with Crippen molar-refractivity contribution in [1.29, 1.82) is 0 Å². The first kappa shape index (κ1) is 19.9. The maximum Gasteiger partial charge on any atom is 0.241 e. The number of nitrogens with two attached hydrogens (primary N) is 1. The van der Waals surface area contributed by atoms with Crippen LogP contribution in [-0.2, 0) is 14.8 Å². The number of carbonyl (C=O) groups is 1. The summed E-state index contributed by atoms with van der Waals surface area (Å²) in [6.45, 7) is 7.89. The Morgan fingerprint density at radius 1 is 1.24 bits per heavy atom. The van der Waals surface area contributed by atoms with Crippen LogP contribution in [0.15, 0.2) is 17.0 Å². The second kappa shape index (κ2) is 7.43. The Kier molecular flexibility index (Phi) is 5.91. The van der Waals surface area contributed by atoms with Crippen LogP contribution in [0.2, 0.25) is 0 Å². The van der Waals surface area contributed by atoms with Gasteiger partial charge in [-0.2, -0.15) is 0 Å². The molecule has 7 heteroatoms. The highest BCUT2D eigenvalue weighted by atomic mass is 32.2. The zero-order valence-corrected chi connectivity index (χ0v) is 16.3. The number of sulfonamides is 1. The first-order chi connectivity index (χ1) is 11.6. The number of rotatable bonds is 8. The lowest BCUT2D eigenvalue weighted by molar-refractivity contribution is -0.122. The molecule has 0 saturated heterocycles. The van der Waals surface area contributed by atoms with Gasteiger partial charge in [0.15, 0.2) is 0 Å². The topological polar surface area (TPSA) is 101 Å². The largest absolute Gasteiger partial charge is 0.349 e. The molecule has 0 aliphatic heterocycles. The number of aryl methyl sites for hydroxylation is 3. The van der Waals surface area contributed by atoms with E-state index in [0.717, 1.165) is 18.4 Å². The lowest BCUT2D eigenvalue weighted by atomic mass is 9.96. The summed E-state index contributed by atoms with van der Waals surface area (Å²) in [4.78, 5) is 12.4. The molecule has 0 radical (unpaired) electrons. The number of nitrogens with one attached hydrogen (secondary N) is 2. The average molecular weight is 368 g/mol. The molecular formula is C18H29N3O3S. The monoisotopic (exact) mass is 367 g/mol. The third-order valence-corrected chi connectivity index (χ3v) is 6.61. The van der Waals surface area contributed by atoms with Gasteiger partial charge in [-0.25, -0.2) is 13.1 Å². The number of carbonyl (C=O) groups excluding carboxylic acids is 1. The lowest BCUT2D eigenvalue weighted by Crippen LogP contribution is -2.53. The van der Waals surface area contributed by atoms with E-state index in [1.54, 1.807) is 13.8 Å². The molecule has 1 unspecified atom stereocenters. The van der Waals surface area contributed by atoms with E-state index in [0.29, 0.717) is 28.5 Å². The molecule has 0 aromatic heterocycles. The van der Waals surface area contributed by atoms with Gasteiger partial charge in [-0.3, -0.25) is 4.79 Å². The molecule has 1 aliphatic rings. The van der Waals surface area contributed by atoms with Crippen molar-refractivity contribution in [2.45, 2.75) is 57.4 Å². The summed E-state index contributed by atoms with van der Waals surface area (Å²) >= 11 is 0. The van der Waals surface area contributed by atoms with Gasteiger partial charge in [0.05, 0.1) is 10.4 Å². The van der Waals surface area contributed by atoms with Crippen LogP contribution in [0.3, 0.4) is 0 Å². The fraction of sp³-hybridized carbons (Fsp3) is 0.611. The summed E-state index contributed by atoms with van der Waals surface area (Å²) in [7, 11) is -3.64.